The first-order valence-electron chi connectivity index (χ1n) is 12.6. The third-order valence-electron chi connectivity index (χ3n) is 6.76. The van der Waals surface area contributed by atoms with E-state index < -0.39 is 0 Å². The molecule has 1 saturated carbocycles. The summed E-state index contributed by atoms with van der Waals surface area (Å²) in [7, 11) is 0. The summed E-state index contributed by atoms with van der Waals surface area (Å²) in [6, 6.07) is 25.7. The van der Waals surface area contributed by atoms with Crippen LogP contribution in [0.25, 0.3) is 11.1 Å². The summed E-state index contributed by atoms with van der Waals surface area (Å²) in [5, 5.41) is 3.24. The van der Waals surface area contributed by atoms with Crippen molar-refractivity contribution in [3.05, 3.63) is 89.5 Å². The van der Waals surface area contributed by atoms with E-state index in [1.54, 1.807) is 0 Å². The third kappa shape index (κ3) is 6.26. The summed E-state index contributed by atoms with van der Waals surface area (Å²) in [6.07, 6.45) is 5.82. The molecule has 2 aliphatic rings. The Morgan fingerprint density at radius 3 is 2.41 bits per heavy atom. The van der Waals surface area contributed by atoms with Crippen LogP contribution in [0.2, 0.25) is 0 Å². The van der Waals surface area contributed by atoms with Crippen molar-refractivity contribution in [2.75, 3.05) is 33.1 Å². The zero-order chi connectivity index (χ0) is 23.0. The van der Waals surface area contributed by atoms with Crippen LogP contribution < -0.4 is 10.1 Å². The van der Waals surface area contributed by atoms with Gasteiger partial charge in [-0.05, 0) is 53.5 Å². The molecule has 0 radical (unpaired) electrons. The van der Waals surface area contributed by atoms with Gasteiger partial charge in [0.2, 0.25) is 0 Å². The van der Waals surface area contributed by atoms with Gasteiger partial charge in [-0.1, -0.05) is 79.6 Å². The molecule has 3 aromatic rings. The predicted octanol–water partition coefficient (Wildman–Crippen LogP) is 5.63. The van der Waals surface area contributed by atoms with Gasteiger partial charge >= 0.3 is 0 Å². The normalized spacial score (nSPS) is 17.7. The van der Waals surface area contributed by atoms with Crippen LogP contribution in [0.3, 0.4) is 0 Å². The van der Waals surface area contributed by atoms with E-state index in [1.807, 2.05) is 0 Å². The van der Waals surface area contributed by atoms with E-state index in [1.165, 1.54) is 47.1 Å². The van der Waals surface area contributed by atoms with Crippen molar-refractivity contribution in [3.8, 4) is 16.9 Å². The zero-order valence-corrected chi connectivity index (χ0v) is 19.9. The lowest BCUT2D eigenvalue weighted by Crippen LogP contribution is -2.22. The number of benzene rings is 3. The van der Waals surface area contributed by atoms with Crippen LogP contribution >= 0.6 is 0 Å². The summed E-state index contributed by atoms with van der Waals surface area (Å²) in [5.74, 6) is 1.83. The minimum absolute atomic E-state index is 0.0840. The second-order valence-corrected chi connectivity index (χ2v) is 9.40. The van der Waals surface area contributed by atoms with Crippen LogP contribution in [0.5, 0.6) is 5.75 Å². The van der Waals surface area contributed by atoms with E-state index in [0.717, 1.165) is 44.3 Å². The number of hydrogen-bond acceptors (Lipinski definition) is 4. The van der Waals surface area contributed by atoms with Gasteiger partial charge in [0, 0.05) is 18.7 Å². The molecular formula is C30H35NO3. The van der Waals surface area contributed by atoms with Crippen LogP contribution in [0.15, 0.2) is 72.8 Å². The molecule has 2 fully saturated rings. The molecule has 0 bridgehead atoms. The average molecular weight is 458 g/mol. The number of hydrogen-bond donors (Lipinski definition) is 1. The Morgan fingerprint density at radius 2 is 1.68 bits per heavy atom. The van der Waals surface area contributed by atoms with Crippen molar-refractivity contribution in [2.45, 2.75) is 38.2 Å². The van der Waals surface area contributed by atoms with Crippen LogP contribution in [-0.2, 0) is 22.3 Å². The molecule has 4 heteroatoms. The number of nitrogens with one attached hydrogen (secondary N) is 1. The van der Waals surface area contributed by atoms with Gasteiger partial charge in [0.15, 0.2) is 0 Å². The predicted molar refractivity (Wildman–Crippen MR) is 136 cm³/mol. The molecule has 1 atom stereocenters. The maximum absolute atomic E-state index is 6.39. The van der Waals surface area contributed by atoms with Gasteiger partial charge < -0.3 is 14.2 Å². The van der Waals surface area contributed by atoms with Crippen LogP contribution in [0.1, 0.15) is 36.0 Å². The quantitative estimate of drug-likeness (QED) is 0.358. The van der Waals surface area contributed by atoms with E-state index in [2.05, 4.69) is 78.1 Å². The first-order chi connectivity index (χ1) is 16.9. The molecule has 34 heavy (non-hydrogen) atoms. The summed E-state index contributed by atoms with van der Waals surface area (Å²) in [4.78, 5) is 0. The third-order valence-corrected chi connectivity index (χ3v) is 6.76. The first kappa shape index (κ1) is 23.1. The molecule has 3 aromatic carbocycles. The Hall–Kier alpha value is -2.66. The Labute approximate surface area is 203 Å². The lowest BCUT2D eigenvalue weighted by atomic mass is 9.89. The highest BCUT2D eigenvalue weighted by Crippen LogP contribution is 2.37. The van der Waals surface area contributed by atoms with Gasteiger partial charge in [0.25, 0.3) is 0 Å². The van der Waals surface area contributed by atoms with Gasteiger partial charge in [-0.3, -0.25) is 5.32 Å². The number of ether oxygens (including phenoxy) is 3. The Morgan fingerprint density at radius 1 is 0.882 bits per heavy atom. The highest BCUT2D eigenvalue weighted by molar-refractivity contribution is 5.76. The minimum atomic E-state index is 0.0840. The Kier molecular flexibility index (Phi) is 7.92. The lowest BCUT2D eigenvalue weighted by molar-refractivity contribution is 0.0718. The molecule has 0 amide bonds. The van der Waals surface area contributed by atoms with E-state index in [0.29, 0.717) is 13.3 Å². The maximum Gasteiger partial charge on any atom is 0.127 e. The summed E-state index contributed by atoms with van der Waals surface area (Å²) in [6.45, 7) is 3.60. The van der Waals surface area contributed by atoms with Crippen molar-refractivity contribution in [2.24, 2.45) is 5.92 Å². The fraction of sp³-hybridized carbons (Fsp3) is 0.400. The summed E-state index contributed by atoms with van der Waals surface area (Å²) >= 11 is 0. The molecule has 1 N–H and O–H groups in total. The zero-order valence-electron chi connectivity index (χ0n) is 19.9. The molecule has 4 nitrogen and oxygen atoms in total. The van der Waals surface area contributed by atoms with Gasteiger partial charge in [0.1, 0.15) is 18.5 Å². The monoisotopic (exact) mass is 457 g/mol. The van der Waals surface area contributed by atoms with E-state index in [4.69, 9.17) is 14.2 Å². The standard InChI is InChI=1S/C30H35NO3/c1-3-7-24(8-4-1)19-28-25(16-18-32-17-15-23-11-12-23)13-14-29(33-21-27-20-31-22-34-27)30(28)26-9-5-2-6-10-26/h1-10,13-14,23,27,31H,11-12,15-22H2/t27-/m0/s1. The highest BCUT2D eigenvalue weighted by Gasteiger charge is 2.21. The molecule has 1 saturated heterocycles. The summed E-state index contributed by atoms with van der Waals surface area (Å²) < 4.78 is 18.1. The molecule has 0 aromatic heterocycles. The molecule has 178 valence electrons. The fourth-order valence-electron chi connectivity index (χ4n) is 4.63. The second kappa shape index (κ2) is 11.7. The molecule has 1 heterocycles. The lowest BCUT2D eigenvalue weighted by Gasteiger charge is -2.21. The van der Waals surface area contributed by atoms with Gasteiger partial charge in [-0.2, -0.15) is 0 Å². The largest absolute Gasteiger partial charge is 0.490 e. The molecule has 5 rings (SSSR count). The summed E-state index contributed by atoms with van der Waals surface area (Å²) in [5.41, 5.74) is 6.33. The van der Waals surface area contributed by atoms with E-state index >= 15 is 0 Å². The van der Waals surface area contributed by atoms with E-state index in [-0.39, 0.29) is 6.10 Å². The van der Waals surface area contributed by atoms with Crippen LogP contribution in [0.4, 0.5) is 0 Å². The van der Waals surface area contributed by atoms with Crippen molar-refractivity contribution in [1.29, 1.82) is 0 Å². The topological polar surface area (TPSA) is 39.7 Å². The SMILES string of the molecule is c1ccc(Cc2c(CCOCCC3CC3)ccc(OC[C@@H]3CNCO3)c2-c2ccccc2)cc1. The number of rotatable bonds is 12. The molecule has 0 spiro atoms. The van der Waals surface area contributed by atoms with Crippen molar-refractivity contribution >= 4 is 0 Å². The van der Waals surface area contributed by atoms with Crippen LogP contribution in [-0.4, -0.2) is 39.2 Å². The van der Waals surface area contributed by atoms with Gasteiger partial charge in [0.05, 0.1) is 13.3 Å². The van der Waals surface area contributed by atoms with Crippen molar-refractivity contribution in [1.82, 2.24) is 5.32 Å². The second-order valence-electron chi connectivity index (χ2n) is 9.40. The minimum Gasteiger partial charge on any atom is -0.490 e. The molecule has 0 unspecified atom stereocenters. The molecule has 1 aliphatic carbocycles. The van der Waals surface area contributed by atoms with Crippen molar-refractivity contribution in [3.63, 3.8) is 0 Å². The van der Waals surface area contributed by atoms with Gasteiger partial charge in [-0.25, -0.2) is 0 Å². The van der Waals surface area contributed by atoms with Crippen LogP contribution in [0, 0.1) is 5.92 Å². The fourth-order valence-corrected chi connectivity index (χ4v) is 4.63. The Balaban J connectivity index is 1.44. The molecular weight excluding hydrogens is 422 g/mol. The average Bonchev–Trinajstić information content (AvgIpc) is 3.56. The van der Waals surface area contributed by atoms with Crippen molar-refractivity contribution < 1.29 is 14.2 Å². The first-order valence-corrected chi connectivity index (χ1v) is 12.6. The smallest absolute Gasteiger partial charge is 0.127 e. The maximum atomic E-state index is 6.39. The van der Waals surface area contributed by atoms with E-state index in [9.17, 15) is 0 Å². The highest BCUT2D eigenvalue weighted by atomic mass is 16.5. The van der Waals surface area contributed by atoms with Gasteiger partial charge in [-0.15, -0.1) is 0 Å². The Bertz CT molecular complexity index is 1030. The molecule has 1 aliphatic heterocycles.